The number of methoxy groups -OCH3 is 1. The van der Waals surface area contributed by atoms with E-state index in [1.807, 2.05) is 0 Å². The zero-order valence-corrected chi connectivity index (χ0v) is 8.53. The van der Waals surface area contributed by atoms with E-state index in [1.54, 1.807) is 6.92 Å². The van der Waals surface area contributed by atoms with Crippen LogP contribution in [0.25, 0.3) is 0 Å². The van der Waals surface area contributed by atoms with Crippen molar-refractivity contribution < 1.29 is 14.3 Å². The summed E-state index contributed by atoms with van der Waals surface area (Å²) in [6.07, 6.45) is 1.40. The Kier molecular flexibility index (Phi) is 5.36. The van der Waals surface area contributed by atoms with Crippen LogP contribution < -0.4 is 5.73 Å². The topological polar surface area (TPSA) is 72.6 Å². The zero-order chi connectivity index (χ0) is 11.1. The standard InChI is InChI=1S/C9H16N2O3/c1-4-6-11(9(13)14-3)7(5-2)8(10)12/h4,7H,1,5-6H2,2-3H3,(H2,10,12). The van der Waals surface area contributed by atoms with E-state index < -0.39 is 18.0 Å². The van der Waals surface area contributed by atoms with E-state index in [2.05, 4.69) is 11.3 Å². The van der Waals surface area contributed by atoms with Crippen molar-refractivity contribution in [2.75, 3.05) is 13.7 Å². The molecule has 0 aromatic carbocycles. The summed E-state index contributed by atoms with van der Waals surface area (Å²) in [5.41, 5.74) is 5.15. The van der Waals surface area contributed by atoms with Crippen molar-refractivity contribution >= 4 is 12.0 Å². The number of carbonyl (C=O) groups excluding carboxylic acids is 2. The normalized spacial score (nSPS) is 11.6. The predicted molar refractivity (Wildman–Crippen MR) is 52.6 cm³/mol. The monoisotopic (exact) mass is 200 g/mol. The van der Waals surface area contributed by atoms with Crippen molar-refractivity contribution in [2.24, 2.45) is 5.73 Å². The summed E-state index contributed by atoms with van der Waals surface area (Å²) in [5.74, 6) is -0.542. The molecule has 0 bridgehead atoms. The third-order valence-electron chi connectivity index (χ3n) is 1.83. The molecule has 0 saturated heterocycles. The lowest BCUT2D eigenvalue weighted by Gasteiger charge is -2.26. The molecule has 5 nitrogen and oxygen atoms in total. The maximum Gasteiger partial charge on any atom is 0.410 e. The van der Waals surface area contributed by atoms with E-state index in [0.717, 1.165) is 0 Å². The average molecular weight is 200 g/mol. The highest BCUT2D eigenvalue weighted by Gasteiger charge is 2.25. The maximum atomic E-state index is 11.3. The predicted octanol–water partition coefficient (Wildman–Crippen LogP) is 0.505. The molecule has 0 saturated carbocycles. The minimum Gasteiger partial charge on any atom is -0.453 e. The first-order chi connectivity index (χ1) is 6.58. The molecule has 1 atom stereocenters. The Bertz CT molecular complexity index is 228. The summed E-state index contributed by atoms with van der Waals surface area (Å²) in [7, 11) is 1.26. The van der Waals surface area contributed by atoms with Gasteiger partial charge in [-0.1, -0.05) is 13.0 Å². The van der Waals surface area contributed by atoms with Crippen molar-refractivity contribution in [2.45, 2.75) is 19.4 Å². The van der Waals surface area contributed by atoms with Crippen LogP contribution in [0.15, 0.2) is 12.7 Å². The first kappa shape index (κ1) is 12.5. The van der Waals surface area contributed by atoms with Gasteiger partial charge in [-0.25, -0.2) is 4.79 Å². The molecule has 0 heterocycles. The number of hydrogen-bond acceptors (Lipinski definition) is 3. The van der Waals surface area contributed by atoms with E-state index in [9.17, 15) is 9.59 Å². The van der Waals surface area contributed by atoms with Crippen molar-refractivity contribution in [3.8, 4) is 0 Å². The number of carbonyl (C=O) groups is 2. The van der Waals surface area contributed by atoms with Gasteiger partial charge >= 0.3 is 6.09 Å². The molecule has 5 heteroatoms. The van der Waals surface area contributed by atoms with E-state index in [0.29, 0.717) is 6.42 Å². The quantitative estimate of drug-likeness (QED) is 0.657. The molecule has 2 amide bonds. The second-order valence-corrected chi connectivity index (χ2v) is 2.74. The van der Waals surface area contributed by atoms with Crippen LogP contribution in [0.1, 0.15) is 13.3 Å². The molecular formula is C9H16N2O3. The van der Waals surface area contributed by atoms with Crippen LogP contribution in [0.4, 0.5) is 4.79 Å². The Balaban J connectivity index is 4.67. The number of nitrogens with zero attached hydrogens (tertiary/aromatic N) is 1. The first-order valence-electron chi connectivity index (χ1n) is 4.33. The summed E-state index contributed by atoms with van der Waals surface area (Å²) < 4.78 is 4.53. The van der Waals surface area contributed by atoms with Crippen molar-refractivity contribution in [1.29, 1.82) is 0 Å². The number of rotatable bonds is 5. The number of nitrogens with two attached hydrogens (primary N) is 1. The molecule has 80 valence electrons. The van der Waals surface area contributed by atoms with Crippen LogP contribution in [0.5, 0.6) is 0 Å². The average Bonchev–Trinajstić information content (AvgIpc) is 2.16. The van der Waals surface area contributed by atoms with Crippen molar-refractivity contribution in [3.63, 3.8) is 0 Å². The summed E-state index contributed by atoms with van der Waals surface area (Å²) in [5, 5.41) is 0. The molecule has 0 aromatic rings. The maximum absolute atomic E-state index is 11.3. The van der Waals surface area contributed by atoms with E-state index in [-0.39, 0.29) is 6.54 Å². The molecule has 1 unspecified atom stereocenters. The summed E-state index contributed by atoms with van der Waals surface area (Å²) in [4.78, 5) is 23.5. The zero-order valence-electron chi connectivity index (χ0n) is 8.53. The fourth-order valence-electron chi connectivity index (χ4n) is 1.16. The van der Waals surface area contributed by atoms with Gasteiger partial charge in [-0.15, -0.1) is 6.58 Å². The van der Waals surface area contributed by atoms with Gasteiger partial charge in [0.25, 0.3) is 0 Å². The number of hydrogen-bond donors (Lipinski definition) is 1. The molecule has 0 radical (unpaired) electrons. The molecule has 0 aromatic heterocycles. The number of amides is 2. The van der Waals surface area contributed by atoms with Gasteiger partial charge in [-0.05, 0) is 6.42 Å². The highest BCUT2D eigenvalue weighted by atomic mass is 16.5. The lowest BCUT2D eigenvalue weighted by atomic mass is 10.2. The van der Waals surface area contributed by atoms with Gasteiger partial charge < -0.3 is 10.5 Å². The van der Waals surface area contributed by atoms with Crippen molar-refractivity contribution in [3.05, 3.63) is 12.7 Å². The SMILES string of the molecule is C=CCN(C(=O)OC)C(CC)C(N)=O. The second-order valence-electron chi connectivity index (χ2n) is 2.74. The molecule has 14 heavy (non-hydrogen) atoms. The van der Waals surface area contributed by atoms with Gasteiger partial charge in [0.2, 0.25) is 5.91 Å². The van der Waals surface area contributed by atoms with Gasteiger partial charge in [0, 0.05) is 6.54 Å². The summed E-state index contributed by atoms with van der Waals surface area (Å²) in [6.45, 7) is 5.51. The Hall–Kier alpha value is -1.52. The number of ether oxygens (including phenoxy) is 1. The molecule has 2 N–H and O–H groups in total. The van der Waals surface area contributed by atoms with Gasteiger partial charge in [0.05, 0.1) is 7.11 Å². The Morgan fingerprint density at radius 1 is 1.64 bits per heavy atom. The van der Waals surface area contributed by atoms with Crippen LogP contribution in [0.3, 0.4) is 0 Å². The highest BCUT2D eigenvalue weighted by Crippen LogP contribution is 2.05. The number of primary amides is 1. The minimum atomic E-state index is -0.638. The summed E-state index contributed by atoms with van der Waals surface area (Å²) >= 11 is 0. The van der Waals surface area contributed by atoms with Gasteiger partial charge in [0.15, 0.2) is 0 Å². The molecule has 0 aliphatic rings. The third-order valence-corrected chi connectivity index (χ3v) is 1.83. The summed E-state index contributed by atoms with van der Waals surface area (Å²) in [6, 6.07) is -0.638. The van der Waals surface area contributed by atoms with Gasteiger partial charge in [-0.2, -0.15) is 0 Å². The van der Waals surface area contributed by atoms with Gasteiger partial charge in [-0.3, -0.25) is 9.69 Å². The van der Waals surface area contributed by atoms with E-state index >= 15 is 0 Å². The van der Waals surface area contributed by atoms with Crippen LogP contribution in [-0.2, 0) is 9.53 Å². The van der Waals surface area contributed by atoms with Crippen LogP contribution in [-0.4, -0.2) is 36.6 Å². The molecule has 0 fully saturated rings. The lowest BCUT2D eigenvalue weighted by molar-refractivity contribution is -0.122. The fourth-order valence-corrected chi connectivity index (χ4v) is 1.16. The largest absolute Gasteiger partial charge is 0.453 e. The van der Waals surface area contributed by atoms with E-state index in [1.165, 1.54) is 18.1 Å². The molecule has 0 aliphatic heterocycles. The van der Waals surface area contributed by atoms with E-state index in [4.69, 9.17) is 5.73 Å². The second kappa shape index (κ2) is 6.01. The minimum absolute atomic E-state index is 0.244. The molecule has 0 aliphatic carbocycles. The van der Waals surface area contributed by atoms with Gasteiger partial charge in [0.1, 0.15) is 6.04 Å². The molecule has 0 rings (SSSR count). The van der Waals surface area contributed by atoms with Crippen LogP contribution in [0.2, 0.25) is 0 Å². The fraction of sp³-hybridized carbons (Fsp3) is 0.556. The Morgan fingerprint density at radius 3 is 2.50 bits per heavy atom. The smallest absolute Gasteiger partial charge is 0.410 e. The van der Waals surface area contributed by atoms with Crippen LogP contribution in [0, 0.1) is 0 Å². The Labute approximate surface area is 83.5 Å². The molecule has 0 spiro atoms. The lowest BCUT2D eigenvalue weighted by Crippen LogP contribution is -2.47. The first-order valence-corrected chi connectivity index (χ1v) is 4.33. The highest BCUT2D eigenvalue weighted by molar-refractivity contribution is 5.84. The Morgan fingerprint density at radius 2 is 2.21 bits per heavy atom. The third kappa shape index (κ3) is 3.08. The molecular weight excluding hydrogens is 184 g/mol. The van der Waals surface area contributed by atoms with Crippen LogP contribution >= 0.6 is 0 Å². The van der Waals surface area contributed by atoms with Crippen molar-refractivity contribution in [1.82, 2.24) is 4.90 Å².